The van der Waals surface area contributed by atoms with Crippen LogP contribution in [0.4, 0.5) is 5.69 Å². The van der Waals surface area contributed by atoms with E-state index >= 15 is 0 Å². The second kappa shape index (κ2) is 4.39. The van der Waals surface area contributed by atoms with Gasteiger partial charge in [0.1, 0.15) is 5.69 Å². The number of aryl methyl sites for hydroxylation is 1. The highest BCUT2D eigenvalue weighted by molar-refractivity contribution is 5.93. The maximum absolute atomic E-state index is 12.1. The van der Waals surface area contributed by atoms with Crippen LogP contribution in [0.5, 0.6) is 0 Å². The van der Waals surface area contributed by atoms with Crippen molar-refractivity contribution in [1.29, 1.82) is 0 Å². The summed E-state index contributed by atoms with van der Waals surface area (Å²) in [7, 11) is 1.53. The molecule has 18 heavy (non-hydrogen) atoms. The SMILES string of the molecule is Cn1cc([N+](=O)[O-])cc1C(=O)N1C[C@@H](O)[C@@H](O)C1. The lowest BCUT2D eigenvalue weighted by molar-refractivity contribution is -0.384. The molecule has 0 bridgehead atoms. The average molecular weight is 255 g/mol. The highest BCUT2D eigenvalue weighted by Crippen LogP contribution is 2.19. The topological polar surface area (TPSA) is 109 Å². The van der Waals surface area contributed by atoms with Crippen LogP contribution in [0.15, 0.2) is 12.3 Å². The predicted molar refractivity (Wildman–Crippen MR) is 60.0 cm³/mol. The van der Waals surface area contributed by atoms with Gasteiger partial charge in [0.15, 0.2) is 0 Å². The van der Waals surface area contributed by atoms with Crippen molar-refractivity contribution >= 4 is 11.6 Å². The third-order valence-electron chi connectivity index (χ3n) is 2.97. The minimum Gasteiger partial charge on any atom is -0.388 e. The Bertz CT molecular complexity index is 488. The van der Waals surface area contributed by atoms with E-state index in [-0.39, 0.29) is 24.5 Å². The van der Waals surface area contributed by atoms with Gasteiger partial charge in [-0.15, -0.1) is 0 Å². The van der Waals surface area contributed by atoms with E-state index in [9.17, 15) is 25.1 Å². The summed E-state index contributed by atoms with van der Waals surface area (Å²) in [6.07, 6.45) is -0.690. The van der Waals surface area contributed by atoms with Gasteiger partial charge in [0, 0.05) is 26.2 Å². The Morgan fingerprint density at radius 1 is 1.44 bits per heavy atom. The Balaban J connectivity index is 2.22. The Morgan fingerprint density at radius 3 is 2.44 bits per heavy atom. The molecule has 1 aliphatic heterocycles. The van der Waals surface area contributed by atoms with E-state index in [0.717, 1.165) is 0 Å². The summed E-state index contributed by atoms with van der Waals surface area (Å²) in [5.74, 6) is -0.443. The summed E-state index contributed by atoms with van der Waals surface area (Å²) in [5.41, 5.74) is -0.0101. The third kappa shape index (κ3) is 2.07. The zero-order valence-electron chi connectivity index (χ0n) is 9.68. The number of hydrogen-bond donors (Lipinski definition) is 2. The molecule has 2 rings (SSSR count). The van der Waals surface area contributed by atoms with E-state index in [4.69, 9.17) is 0 Å². The van der Waals surface area contributed by atoms with Crippen LogP contribution in [0.1, 0.15) is 10.5 Å². The fourth-order valence-corrected chi connectivity index (χ4v) is 1.96. The lowest BCUT2D eigenvalue weighted by Crippen LogP contribution is -2.31. The number of carbonyl (C=O) groups excluding carboxylic acids is 1. The number of β-amino-alcohol motifs (C(OH)–C–C–N with tert-alkyl or cyclic N) is 2. The molecule has 0 unspecified atom stereocenters. The van der Waals surface area contributed by atoms with Gasteiger partial charge in [-0.3, -0.25) is 14.9 Å². The molecule has 8 heteroatoms. The fourth-order valence-electron chi connectivity index (χ4n) is 1.96. The fraction of sp³-hybridized carbons (Fsp3) is 0.500. The van der Waals surface area contributed by atoms with Crippen molar-refractivity contribution < 1.29 is 19.9 Å². The van der Waals surface area contributed by atoms with Crippen molar-refractivity contribution in [2.24, 2.45) is 7.05 Å². The summed E-state index contributed by atoms with van der Waals surface area (Å²) < 4.78 is 1.36. The molecule has 2 N–H and O–H groups in total. The minimum absolute atomic E-state index is 0.0268. The number of hydrogen-bond acceptors (Lipinski definition) is 5. The molecular weight excluding hydrogens is 242 g/mol. The highest BCUT2D eigenvalue weighted by atomic mass is 16.6. The van der Waals surface area contributed by atoms with Crippen LogP contribution in [0.2, 0.25) is 0 Å². The van der Waals surface area contributed by atoms with Crippen LogP contribution in [0.25, 0.3) is 0 Å². The van der Waals surface area contributed by atoms with Gasteiger partial charge in [-0.05, 0) is 0 Å². The van der Waals surface area contributed by atoms with Crippen molar-refractivity contribution in [3.05, 3.63) is 28.1 Å². The van der Waals surface area contributed by atoms with Gasteiger partial charge in [-0.2, -0.15) is 0 Å². The summed E-state index contributed by atoms with van der Waals surface area (Å²) in [4.78, 5) is 23.4. The molecule has 2 atom stereocenters. The Hall–Kier alpha value is -1.93. The maximum Gasteiger partial charge on any atom is 0.287 e. The summed E-state index contributed by atoms with van der Waals surface area (Å²) >= 11 is 0. The second-order valence-corrected chi connectivity index (χ2v) is 4.30. The zero-order chi connectivity index (χ0) is 13.4. The van der Waals surface area contributed by atoms with Gasteiger partial charge in [0.25, 0.3) is 11.6 Å². The molecule has 1 aliphatic rings. The molecule has 1 aromatic rings. The molecule has 1 aromatic heterocycles. The zero-order valence-corrected chi connectivity index (χ0v) is 9.68. The molecule has 0 spiro atoms. The van der Waals surface area contributed by atoms with E-state index in [2.05, 4.69) is 0 Å². The molecule has 1 amide bonds. The first-order valence-corrected chi connectivity index (χ1v) is 5.36. The Labute approximate surface area is 102 Å². The van der Waals surface area contributed by atoms with Crippen molar-refractivity contribution in [1.82, 2.24) is 9.47 Å². The standard InChI is InChI=1S/C10H13N3O5/c1-11-3-6(13(17)18)2-7(11)10(16)12-4-8(14)9(15)5-12/h2-3,8-9,14-15H,4-5H2,1H3/t8-,9+. The highest BCUT2D eigenvalue weighted by Gasteiger charge is 2.34. The molecule has 98 valence electrons. The van der Waals surface area contributed by atoms with Crippen LogP contribution >= 0.6 is 0 Å². The van der Waals surface area contributed by atoms with E-state index < -0.39 is 23.0 Å². The van der Waals surface area contributed by atoms with Crippen molar-refractivity contribution in [2.45, 2.75) is 12.2 Å². The van der Waals surface area contributed by atoms with Crippen molar-refractivity contribution in [2.75, 3.05) is 13.1 Å². The number of aliphatic hydroxyl groups excluding tert-OH is 2. The number of nitro groups is 1. The molecule has 1 saturated heterocycles. The molecule has 0 radical (unpaired) electrons. The number of amides is 1. The van der Waals surface area contributed by atoms with Crippen LogP contribution in [0, 0.1) is 10.1 Å². The minimum atomic E-state index is -0.968. The number of aliphatic hydroxyl groups is 2. The lowest BCUT2D eigenvalue weighted by Gasteiger charge is -2.15. The number of nitrogens with zero attached hydrogens (tertiary/aromatic N) is 3. The lowest BCUT2D eigenvalue weighted by atomic mass is 10.3. The van der Waals surface area contributed by atoms with Gasteiger partial charge >= 0.3 is 0 Å². The van der Waals surface area contributed by atoms with E-state index in [0.29, 0.717) is 0 Å². The molecule has 0 aliphatic carbocycles. The molecule has 8 nitrogen and oxygen atoms in total. The Kier molecular flexibility index (Phi) is 3.05. The van der Waals surface area contributed by atoms with E-state index in [1.165, 1.54) is 28.8 Å². The molecule has 1 fully saturated rings. The first-order chi connectivity index (χ1) is 8.40. The molecular formula is C10H13N3O5. The van der Waals surface area contributed by atoms with Crippen LogP contribution < -0.4 is 0 Å². The average Bonchev–Trinajstić information content (AvgIpc) is 2.83. The van der Waals surface area contributed by atoms with Crippen molar-refractivity contribution in [3.8, 4) is 0 Å². The van der Waals surface area contributed by atoms with E-state index in [1.54, 1.807) is 0 Å². The van der Waals surface area contributed by atoms with Gasteiger partial charge in [0.2, 0.25) is 0 Å². The second-order valence-electron chi connectivity index (χ2n) is 4.30. The third-order valence-corrected chi connectivity index (χ3v) is 2.97. The van der Waals surface area contributed by atoms with Gasteiger partial charge < -0.3 is 19.7 Å². The number of carbonyl (C=O) groups is 1. The smallest absolute Gasteiger partial charge is 0.287 e. The van der Waals surface area contributed by atoms with Crippen molar-refractivity contribution in [3.63, 3.8) is 0 Å². The molecule has 0 aromatic carbocycles. The maximum atomic E-state index is 12.1. The summed E-state index contributed by atoms with van der Waals surface area (Å²) in [6.45, 7) is 0.0535. The number of aromatic nitrogens is 1. The molecule has 2 heterocycles. The monoisotopic (exact) mass is 255 g/mol. The van der Waals surface area contributed by atoms with Gasteiger partial charge in [-0.1, -0.05) is 0 Å². The first-order valence-electron chi connectivity index (χ1n) is 5.36. The first kappa shape index (κ1) is 12.5. The predicted octanol–water partition coefficient (Wildman–Crippen LogP) is -0.889. The molecule has 0 saturated carbocycles. The van der Waals surface area contributed by atoms with Gasteiger partial charge in [-0.25, -0.2) is 0 Å². The number of rotatable bonds is 2. The number of likely N-dealkylation sites (tertiary alicyclic amines) is 1. The largest absolute Gasteiger partial charge is 0.388 e. The normalized spacial score (nSPS) is 23.4. The Morgan fingerprint density at radius 2 is 2.00 bits per heavy atom. The van der Waals surface area contributed by atoms with Crippen LogP contribution in [0.3, 0.4) is 0 Å². The van der Waals surface area contributed by atoms with E-state index in [1.807, 2.05) is 0 Å². The van der Waals surface area contributed by atoms with Gasteiger partial charge in [0.05, 0.1) is 23.3 Å². The summed E-state index contributed by atoms with van der Waals surface area (Å²) in [5, 5.41) is 29.3. The van der Waals surface area contributed by atoms with Crippen LogP contribution in [-0.4, -0.2) is 55.8 Å². The summed E-state index contributed by atoms with van der Waals surface area (Å²) in [6, 6.07) is 1.18. The van der Waals surface area contributed by atoms with Crippen LogP contribution in [-0.2, 0) is 7.05 Å². The quantitative estimate of drug-likeness (QED) is 0.526.